The molecule has 0 amide bonds. The van der Waals surface area contributed by atoms with Gasteiger partial charge < -0.3 is 5.32 Å². The molecule has 0 saturated carbocycles. The molecule has 21 heavy (non-hydrogen) atoms. The molecular weight excluding hydrogens is 278 g/mol. The summed E-state index contributed by atoms with van der Waals surface area (Å²) < 4.78 is 0. The van der Waals surface area contributed by atoms with Gasteiger partial charge in [-0.1, -0.05) is 38.1 Å². The van der Waals surface area contributed by atoms with Crippen LogP contribution in [0.25, 0.3) is 11.3 Å². The van der Waals surface area contributed by atoms with Crippen LogP contribution in [-0.4, -0.2) is 36.1 Å². The molecule has 3 nitrogen and oxygen atoms in total. The van der Waals surface area contributed by atoms with Crippen molar-refractivity contribution < 1.29 is 0 Å². The highest BCUT2D eigenvalue weighted by atomic mass is 32.1. The molecular formula is C17H23N3S. The van der Waals surface area contributed by atoms with Gasteiger partial charge in [0.05, 0.1) is 12.2 Å². The van der Waals surface area contributed by atoms with Crippen molar-refractivity contribution in [1.82, 2.24) is 15.2 Å². The number of nitrogens with zero attached hydrogens (tertiary/aromatic N) is 2. The molecule has 2 heterocycles. The molecule has 0 unspecified atom stereocenters. The summed E-state index contributed by atoms with van der Waals surface area (Å²) in [5, 5.41) is 6.79. The first kappa shape index (κ1) is 14.7. The van der Waals surface area contributed by atoms with E-state index in [-0.39, 0.29) is 0 Å². The molecule has 1 aliphatic heterocycles. The second-order valence-corrected chi connectivity index (χ2v) is 6.87. The number of nitrogens with one attached hydrogen (secondary N) is 1. The summed E-state index contributed by atoms with van der Waals surface area (Å²) in [4.78, 5) is 7.28. The third-order valence-corrected chi connectivity index (χ3v) is 4.83. The molecule has 1 aromatic carbocycles. The number of aromatic nitrogens is 1. The Kier molecular flexibility index (Phi) is 4.68. The minimum absolute atomic E-state index is 0.581. The first-order valence-corrected chi connectivity index (χ1v) is 8.58. The zero-order valence-electron chi connectivity index (χ0n) is 12.8. The zero-order chi connectivity index (χ0) is 14.7. The summed E-state index contributed by atoms with van der Waals surface area (Å²) in [6.45, 7) is 9.86. The quantitative estimate of drug-likeness (QED) is 0.939. The minimum atomic E-state index is 0.581. The first-order valence-electron chi connectivity index (χ1n) is 7.70. The van der Waals surface area contributed by atoms with Crippen molar-refractivity contribution in [3.05, 3.63) is 40.2 Å². The number of hydrogen-bond acceptors (Lipinski definition) is 4. The number of rotatable bonds is 4. The van der Waals surface area contributed by atoms with E-state index in [0.29, 0.717) is 5.92 Å². The summed E-state index contributed by atoms with van der Waals surface area (Å²) in [5.41, 5.74) is 3.72. The monoisotopic (exact) mass is 301 g/mol. The Balaban J connectivity index is 1.69. The van der Waals surface area contributed by atoms with Gasteiger partial charge in [-0.25, -0.2) is 4.98 Å². The predicted molar refractivity (Wildman–Crippen MR) is 89.8 cm³/mol. The molecule has 0 bridgehead atoms. The lowest BCUT2D eigenvalue weighted by atomic mass is 10.0. The number of piperazine rings is 1. The molecule has 0 atom stereocenters. The van der Waals surface area contributed by atoms with Crippen LogP contribution in [0.15, 0.2) is 29.6 Å². The normalized spacial score (nSPS) is 16.5. The third kappa shape index (κ3) is 3.70. The molecule has 1 saturated heterocycles. The third-order valence-electron chi connectivity index (χ3n) is 3.99. The van der Waals surface area contributed by atoms with E-state index in [0.717, 1.165) is 38.4 Å². The lowest BCUT2D eigenvalue weighted by Crippen LogP contribution is -2.42. The van der Waals surface area contributed by atoms with E-state index in [1.165, 1.54) is 16.1 Å². The van der Waals surface area contributed by atoms with Crippen LogP contribution in [0, 0.1) is 0 Å². The number of thiazole rings is 1. The van der Waals surface area contributed by atoms with Crippen LogP contribution in [-0.2, 0) is 6.54 Å². The molecule has 4 heteroatoms. The second-order valence-electron chi connectivity index (χ2n) is 5.93. The predicted octanol–water partition coefficient (Wildman–Crippen LogP) is 3.34. The Morgan fingerprint density at radius 3 is 2.57 bits per heavy atom. The van der Waals surface area contributed by atoms with E-state index in [2.05, 4.69) is 53.7 Å². The van der Waals surface area contributed by atoms with E-state index in [1.54, 1.807) is 11.3 Å². The number of hydrogen-bond donors (Lipinski definition) is 1. The second kappa shape index (κ2) is 6.69. The molecule has 3 rings (SSSR count). The van der Waals surface area contributed by atoms with Gasteiger partial charge in [0, 0.05) is 37.1 Å². The Labute approximate surface area is 131 Å². The van der Waals surface area contributed by atoms with Crippen LogP contribution in [0.1, 0.15) is 30.3 Å². The topological polar surface area (TPSA) is 28.2 Å². The highest BCUT2D eigenvalue weighted by Crippen LogP contribution is 2.25. The van der Waals surface area contributed by atoms with Gasteiger partial charge in [0.15, 0.2) is 0 Å². The summed E-state index contributed by atoms with van der Waals surface area (Å²) in [6.07, 6.45) is 0. The smallest absolute Gasteiger partial charge is 0.107 e. The van der Waals surface area contributed by atoms with E-state index in [4.69, 9.17) is 4.98 Å². The SMILES string of the molecule is CC(C)c1ccc(-c2csc(CN3CCNCC3)n2)cc1. The van der Waals surface area contributed by atoms with Gasteiger partial charge in [-0.05, 0) is 11.5 Å². The van der Waals surface area contributed by atoms with E-state index >= 15 is 0 Å². The molecule has 0 radical (unpaired) electrons. The Morgan fingerprint density at radius 1 is 1.19 bits per heavy atom. The maximum Gasteiger partial charge on any atom is 0.107 e. The van der Waals surface area contributed by atoms with Crippen LogP contribution in [0.5, 0.6) is 0 Å². The zero-order valence-corrected chi connectivity index (χ0v) is 13.6. The summed E-state index contributed by atoms with van der Waals surface area (Å²) >= 11 is 1.78. The molecule has 1 N–H and O–H groups in total. The minimum Gasteiger partial charge on any atom is -0.314 e. The first-order chi connectivity index (χ1) is 10.2. The number of benzene rings is 1. The molecule has 1 fully saturated rings. The molecule has 1 aromatic heterocycles. The van der Waals surface area contributed by atoms with Crippen molar-refractivity contribution in [2.75, 3.05) is 26.2 Å². The summed E-state index contributed by atoms with van der Waals surface area (Å²) in [6, 6.07) is 8.82. The Hall–Kier alpha value is -1.23. The standard InChI is InChI=1S/C17H23N3S/c1-13(2)14-3-5-15(6-4-14)16-12-21-17(19-16)11-20-9-7-18-8-10-20/h3-6,12-13,18H,7-11H2,1-2H3. The van der Waals surface area contributed by atoms with E-state index in [1.807, 2.05) is 0 Å². The molecule has 2 aromatic rings. The average molecular weight is 301 g/mol. The lowest BCUT2D eigenvalue weighted by Gasteiger charge is -2.26. The van der Waals surface area contributed by atoms with Gasteiger partial charge in [0.2, 0.25) is 0 Å². The van der Waals surface area contributed by atoms with Gasteiger partial charge >= 0.3 is 0 Å². The Bertz CT molecular complexity index is 568. The molecule has 0 spiro atoms. The summed E-state index contributed by atoms with van der Waals surface area (Å²) in [7, 11) is 0. The van der Waals surface area contributed by atoms with Gasteiger partial charge in [-0.3, -0.25) is 4.90 Å². The van der Waals surface area contributed by atoms with Gasteiger partial charge in [-0.2, -0.15) is 0 Å². The maximum atomic E-state index is 4.81. The van der Waals surface area contributed by atoms with Crippen molar-refractivity contribution in [1.29, 1.82) is 0 Å². The molecule has 0 aliphatic carbocycles. The van der Waals surface area contributed by atoms with Crippen LogP contribution >= 0.6 is 11.3 Å². The van der Waals surface area contributed by atoms with Crippen LogP contribution < -0.4 is 5.32 Å². The average Bonchev–Trinajstić information content (AvgIpc) is 2.97. The van der Waals surface area contributed by atoms with Crippen molar-refractivity contribution in [2.45, 2.75) is 26.3 Å². The fourth-order valence-corrected chi connectivity index (χ4v) is 3.46. The van der Waals surface area contributed by atoms with Gasteiger partial charge in [0.1, 0.15) is 5.01 Å². The van der Waals surface area contributed by atoms with Gasteiger partial charge in [0.25, 0.3) is 0 Å². The summed E-state index contributed by atoms with van der Waals surface area (Å²) in [5.74, 6) is 0.581. The molecule has 112 valence electrons. The highest BCUT2D eigenvalue weighted by Gasteiger charge is 2.12. The van der Waals surface area contributed by atoms with E-state index in [9.17, 15) is 0 Å². The molecule has 1 aliphatic rings. The van der Waals surface area contributed by atoms with Gasteiger partial charge in [-0.15, -0.1) is 11.3 Å². The van der Waals surface area contributed by atoms with Crippen LogP contribution in [0.4, 0.5) is 0 Å². The largest absolute Gasteiger partial charge is 0.314 e. The maximum absolute atomic E-state index is 4.81. The van der Waals surface area contributed by atoms with Crippen molar-refractivity contribution in [3.63, 3.8) is 0 Å². The fraction of sp³-hybridized carbons (Fsp3) is 0.471. The fourth-order valence-electron chi connectivity index (χ4n) is 2.62. The van der Waals surface area contributed by atoms with Crippen molar-refractivity contribution in [3.8, 4) is 11.3 Å². The Morgan fingerprint density at radius 2 is 1.90 bits per heavy atom. The lowest BCUT2D eigenvalue weighted by molar-refractivity contribution is 0.233. The highest BCUT2D eigenvalue weighted by molar-refractivity contribution is 7.09. The van der Waals surface area contributed by atoms with Crippen molar-refractivity contribution >= 4 is 11.3 Å². The van der Waals surface area contributed by atoms with E-state index < -0.39 is 0 Å². The van der Waals surface area contributed by atoms with Crippen LogP contribution in [0.2, 0.25) is 0 Å². The van der Waals surface area contributed by atoms with Crippen molar-refractivity contribution in [2.24, 2.45) is 0 Å². The van der Waals surface area contributed by atoms with Crippen LogP contribution in [0.3, 0.4) is 0 Å².